The second kappa shape index (κ2) is 9.82. The van der Waals surface area contributed by atoms with Gasteiger partial charge >= 0.3 is 0 Å². The maximum atomic E-state index is 13.4. The quantitative estimate of drug-likeness (QED) is 0.331. The Morgan fingerprint density at radius 2 is 1.89 bits per heavy atom. The van der Waals surface area contributed by atoms with E-state index in [-0.39, 0.29) is 5.91 Å². The summed E-state index contributed by atoms with van der Waals surface area (Å²) in [6.07, 6.45) is 1.46. The molecule has 1 aromatic heterocycles. The Morgan fingerprint density at radius 3 is 2.69 bits per heavy atom. The van der Waals surface area contributed by atoms with Crippen LogP contribution >= 0.6 is 23.2 Å². The number of carbonyl (C=O) groups excluding carboxylic acids is 1. The molecule has 9 heteroatoms. The normalized spacial score (nSPS) is 14.8. The number of fused-ring (bicyclic) bond motifs is 1. The first-order valence-electron chi connectivity index (χ1n) is 10.9. The van der Waals surface area contributed by atoms with Crippen LogP contribution in [0.2, 0.25) is 10.0 Å². The number of ether oxygens (including phenoxy) is 1. The standard InChI is InChI=1S/C26H21Cl2N5O2/c1-16-23(25(34)32-19-7-3-2-4-8-19)24(33-26(31-16)29-15-30-33)18-6-5-9-20(13-18)35-14-17-10-11-21(27)22(28)12-17/h2-13,15,24H,14H2,1H3,(H,32,34)(H,29,30,31). The van der Waals surface area contributed by atoms with Gasteiger partial charge in [0.15, 0.2) is 0 Å². The first-order valence-corrected chi connectivity index (χ1v) is 11.7. The summed E-state index contributed by atoms with van der Waals surface area (Å²) in [5, 5.41) is 11.5. The van der Waals surface area contributed by atoms with Crippen molar-refractivity contribution in [2.45, 2.75) is 19.6 Å². The van der Waals surface area contributed by atoms with E-state index in [9.17, 15) is 4.79 Å². The van der Waals surface area contributed by atoms with Crippen LogP contribution in [0.5, 0.6) is 5.75 Å². The third-order valence-corrected chi connectivity index (χ3v) is 6.37. The zero-order valence-corrected chi connectivity index (χ0v) is 20.2. The molecular weight excluding hydrogens is 485 g/mol. The minimum absolute atomic E-state index is 0.227. The van der Waals surface area contributed by atoms with Crippen LogP contribution in [0.4, 0.5) is 11.6 Å². The molecule has 3 aromatic carbocycles. The van der Waals surface area contributed by atoms with Crippen molar-refractivity contribution in [3.8, 4) is 5.75 Å². The summed E-state index contributed by atoms with van der Waals surface area (Å²) >= 11 is 12.1. The third kappa shape index (κ3) is 4.87. The number of anilines is 2. The second-order valence-corrected chi connectivity index (χ2v) is 8.84. The molecular formula is C26H21Cl2N5O2. The monoisotopic (exact) mass is 505 g/mol. The number of aromatic nitrogens is 3. The summed E-state index contributed by atoms with van der Waals surface area (Å²) in [5.74, 6) is 0.981. The van der Waals surface area contributed by atoms with E-state index in [1.54, 1.807) is 16.8 Å². The molecule has 1 amide bonds. The van der Waals surface area contributed by atoms with Gasteiger partial charge in [-0.1, -0.05) is 59.6 Å². The highest BCUT2D eigenvalue weighted by Gasteiger charge is 2.33. The molecule has 1 atom stereocenters. The van der Waals surface area contributed by atoms with Crippen LogP contribution < -0.4 is 15.4 Å². The van der Waals surface area contributed by atoms with E-state index in [0.717, 1.165) is 11.1 Å². The fourth-order valence-electron chi connectivity index (χ4n) is 3.98. The van der Waals surface area contributed by atoms with Gasteiger partial charge in [-0.25, -0.2) is 4.68 Å². The zero-order chi connectivity index (χ0) is 24.4. The van der Waals surface area contributed by atoms with Crippen LogP contribution in [-0.2, 0) is 11.4 Å². The van der Waals surface area contributed by atoms with E-state index < -0.39 is 6.04 Å². The lowest BCUT2D eigenvalue weighted by molar-refractivity contribution is -0.113. The number of amides is 1. The molecule has 2 heterocycles. The number of halogens is 2. The molecule has 2 N–H and O–H groups in total. The first kappa shape index (κ1) is 23.0. The Bertz CT molecular complexity index is 1420. The molecule has 0 saturated carbocycles. The summed E-state index contributed by atoms with van der Waals surface area (Å²) in [4.78, 5) is 17.7. The van der Waals surface area contributed by atoms with Crippen molar-refractivity contribution in [3.05, 3.63) is 112 Å². The van der Waals surface area contributed by atoms with Gasteiger partial charge in [-0.3, -0.25) is 4.79 Å². The van der Waals surface area contributed by atoms with E-state index in [0.29, 0.717) is 45.3 Å². The van der Waals surface area contributed by atoms with Crippen molar-refractivity contribution >= 4 is 40.7 Å². The molecule has 0 spiro atoms. The minimum Gasteiger partial charge on any atom is -0.489 e. The van der Waals surface area contributed by atoms with Crippen LogP contribution in [0.3, 0.4) is 0 Å². The van der Waals surface area contributed by atoms with Gasteiger partial charge in [0.1, 0.15) is 24.7 Å². The Kier molecular flexibility index (Phi) is 6.44. The fourth-order valence-corrected chi connectivity index (χ4v) is 4.30. The molecule has 35 heavy (non-hydrogen) atoms. The molecule has 5 rings (SSSR count). The van der Waals surface area contributed by atoms with Gasteiger partial charge in [-0.15, -0.1) is 0 Å². The van der Waals surface area contributed by atoms with E-state index in [4.69, 9.17) is 27.9 Å². The van der Waals surface area contributed by atoms with Gasteiger partial charge in [0.25, 0.3) is 5.91 Å². The van der Waals surface area contributed by atoms with Gasteiger partial charge in [-0.2, -0.15) is 10.1 Å². The fraction of sp³-hybridized carbons (Fsp3) is 0.115. The number of para-hydroxylation sites is 1. The Balaban J connectivity index is 1.45. The van der Waals surface area contributed by atoms with Gasteiger partial charge in [0.2, 0.25) is 5.95 Å². The van der Waals surface area contributed by atoms with Crippen molar-refractivity contribution in [2.24, 2.45) is 0 Å². The van der Waals surface area contributed by atoms with Crippen molar-refractivity contribution in [2.75, 3.05) is 10.6 Å². The second-order valence-electron chi connectivity index (χ2n) is 8.02. The van der Waals surface area contributed by atoms with Gasteiger partial charge in [0, 0.05) is 11.4 Å². The molecule has 0 aliphatic carbocycles. The topological polar surface area (TPSA) is 81.1 Å². The number of rotatable bonds is 6. The summed E-state index contributed by atoms with van der Waals surface area (Å²) < 4.78 is 7.73. The van der Waals surface area contributed by atoms with Crippen LogP contribution in [0.25, 0.3) is 0 Å². The van der Waals surface area contributed by atoms with Gasteiger partial charge in [0.05, 0.1) is 15.6 Å². The number of hydrogen-bond donors (Lipinski definition) is 2. The third-order valence-electron chi connectivity index (χ3n) is 5.63. The van der Waals surface area contributed by atoms with Gasteiger partial charge in [-0.05, 0) is 54.4 Å². The van der Waals surface area contributed by atoms with Crippen molar-refractivity contribution < 1.29 is 9.53 Å². The van der Waals surface area contributed by atoms with Crippen molar-refractivity contribution in [3.63, 3.8) is 0 Å². The molecule has 0 fully saturated rings. The predicted molar refractivity (Wildman–Crippen MR) is 137 cm³/mol. The average Bonchev–Trinajstić information content (AvgIpc) is 3.32. The lowest BCUT2D eigenvalue weighted by atomic mass is 9.95. The van der Waals surface area contributed by atoms with Crippen LogP contribution in [0.15, 0.2) is 90.4 Å². The summed E-state index contributed by atoms with van der Waals surface area (Å²) in [5.41, 5.74) is 3.67. The van der Waals surface area contributed by atoms with Crippen molar-refractivity contribution in [1.29, 1.82) is 0 Å². The average molecular weight is 506 g/mol. The molecule has 7 nitrogen and oxygen atoms in total. The molecule has 0 saturated heterocycles. The number of nitrogens with one attached hydrogen (secondary N) is 2. The van der Waals surface area contributed by atoms with Crippen LogP contribution in [-0.4, -0.2) is 20.7 Å². The predicted octanol–water partition coefficient (Wildman–Crippen LogP) is 6.09. The highest BCUT2D eigenvalue weighted by atomic mass is 35.5. The Morgan fingerprint density at radius 1 is 1.06 bits per heavy atom. The lowest BCUT2D eigenvalue weighted by Crippen LogP contribution is -2.31. The Hall–Kier alpha value is -3.81. The molecule has 4 aromatic rings. The highest BCUT2D eigenvalue weighted by Crippen LogP contribution is 2.36. The van der Waals surface area contributed by atoms with E-state index in [2.05, 4.69) is 20.7 Å². The molecule has 1 aliphatic rings. The number of allylic oxidation sites excluding steroid dienone is 1. The van der Waals surface area contributed by atoms with Gasteiger partial charge < -0.3 is 15.4 Å². The Labute approximate surface area is 212 Å². The molecule has 0 radical (unpaired) electrons. The SMILES string of the molecule is CC1=C(C(=O)Nc2ccccc2)C(c2cccc(OCc3ccc(Cl)c(Cl)c3)c2)n2ncnc2N1. The zero-order valence-electron chi connectivity index (χ0n) is 18.7. The maximum absolute atomic E-state index is 13.4. The molecule has 1 unspecified atom stereocenters. The summed E-state index contributed by atoms with van der Waals surface area (Å²) in [6.45, 7) is 2.17. The summed E-state index contributed by atoms with van der Waals surface area (Å²) in [6, 6.07) is 21.8. The number of nitrogens with zero attached hydrogens (tertiary/aromatic N) is 3. The number of carbonyl (C=O) groups is 1. The van der Waals surface area contributed by atoms with Crippen LogP contribution in [0, 0.1) is 0 Å². The van der Waals surface area contributed by atoms with Crippen molar-refractivity contribution in [1.82, 2.24) is 14.8 Å². The van der Waals surface area contributed by atoms with E-state index in [1.807, 2.05) is 67.6 Å². The highest BCUT2D eigenvalue weighted by molar-refractivity contribution is 6.42. The molecule has 0 bridgehead atoms. The lowest BCUT2D eigenvalue weighted by Gasteiger charge is -2.29. The molecule has 176 valence electrons. The smallest absolute Gasteiger partial charge is 0.255 e. The minimum atomic E-state index is -0.494. The maximum Gasteiger partial charge on any atom is 0.255 e. The van der Waals surface area contributed by atoms with E-state index in [1.165, 1.54) is 6.33 Å². The summed E-state index contributed by atoms with van der Waals surface area (Å²) in [7, 11) is 0. The number of benzene rings is 3. The number of hydrogen-bond acceptors (Lipinski definition) is 5. The van der Waals surface area contributed by atoms with E-state index >= 15 is 0 Å². The largest absolute Gasteiger partial charge is 0.489 e. The molecule has 1 aliphatic heterocycles. The van der Waals surface area contributed by atoms with Crippen LogP contribution in [0.1, 0.15) is 24.1 Å². The first-order chi connectivity index (χ1) is 17.0.